The first kappa shape index (κ1) is 22.6. The van der Waals surface area contributed by atoms with Crippen molar-refractivity contribution in [3.8, 4) is 0 Å². The second kappa shape index (κ2) is 7.97. The summed E-state index contributed by atoms with van der Waals surface area (Å²) >= 11 is 1.04. The molecule has 0 radical (unpaired) electrons. The first-order chi connectivity index (χ1) is 13.3. The van der Waals surface area contributed by atoms with Gasteiger partial charge in [-0.25, -0.2) is 19.6 Å². The zero-order chi connectivity index (χ0) is 22.3. The highest BCUT2D eigenvalue weighted by Gasteiger charge is 2.29. The van der Waals surface area contributed by atoms with Crippen LogP contribution in [0.15, 0.2) is 14.6 Å². The van der Waals surface area contributed by atoms with Crippen LogP contribution in [0, 0.1) is 5.92 Å². The van der Waals surface area contributed by atoms with E-state index in [1.54, 1.807) is 13.8 Å². The van der Waals surface area contributed by atoms with Gasteiger partial charge in [0, 0.05) is 19.5 Å². The molecule has 2 aromatic heterocycles. The maximum Gasteiger partial charge on any atom is 0.332 e. The van der Waals surface area contributed by atoms with Gasteiger partial charge in [-0.1, -0.05) is 46.4 Å². The molecule has 0 aliphatic carbocycles. The third kappa shape index (κ3) is 4.50. The van der Waals surface area contributed by atoms with Crippen LogP contribution in [-0.2, 0) is 24.3 Å². The Bertz CT molecular complexity index is 1100. The highest BCUT2D eigenvalue weighted by molar-refractivity contribution is 8.00. The second-order valence-corrected chi connectivity index (χ2v) is 9.27. The quantitative estimate of drug-likeness (QED) is 0.544. The zero-order valence-corrected chi connectivity index (χ0v) is 18.4. The third-order valence-electron chi connectivity index (χ3n) is 4.29. The number of hydrogen-bond acceptors (Lipinski definition) is 7. The largest absolute Gasteiger partial charge is 0.351 e. The minimum atomic E-state index is -0.956. The van der Waals surface area contributed by atoms with Crippen molar-refractivity contribution in [2.24, 2.45) is 25.7 Å². The topological polar surface area (TPSA) is 142 Å². The fraction of sp³-hybridized carbons (Fsp3) is 0.556. The number of nitrogens with zero attached hydrogens (tertiary/aromatic N) is 4. The van der Waals surface area contributed by atoms with Crippen molar-refractivity contribution in [3.05, 3.63) is 26.7 Å². The molecule has 3 amide bonds. The molecule has 0 saturated carbocycles. The summed E-state index contributed by atoms with van der Waals surface area (Å²) < 4.78 is 2.26. The SMILES string of the molecule is CC(C)C(Sc1nc(C(C)(C)C)nc2c1c(=O)n(C)c(=O)n2C)C(=O)NC(N)=O. The summed E-state index contributed by atoms with van der Waals surface area (Å²) in [4.78, 5) is 57.9. The fourth-order valence-electron chi connectivity index (χ4n) is 2.65. The maximum atomic E-state index is 12.9. The molecule has 29 heavy (non-hydrogen) atoms. The molecule has 0 saturated heterocycles. The molecule has 0 fully saturated rings. The van der Waals surface area contributed by atoms with Crippen molar-refractivity contribution in [2.45, 2.75) is 50.3 Å². The van der Waals surface area contributed by atoms with E-state index in [9.17, 15) is 19.2 Å². The minimum absolute atomic E-state index is 0.144. The average Bonchev–Trinajstić information content (AvgIpc) is 2.60. The van der Waals surface area contributed by atoms with E-state index in [0.717, 1.165) is 16.3 Å². The minimum Gasteiger partial charge on any atom is -0.351 e. The van der Waals surface area contributed by atoms with Crippen LogP contribution in [0.2, 0.25) is 0 Å². The number of fused-ring (bicyclic) bond motifs is 1. The van der Waals surface area contributed by atoms with Gasteiger partial charge in [0.2, 0.25) is 5.91 Å². The van der Waals surface area contributed by atoms with Crippen molar-refractivity contribution in [1.29, 1.82) is 0 Å². The summed E-state index contributed by atoms with van der Waals surface area (Å²) in [5.41, 5.74) is 3.74. The average molecular weight is 423 g/mol. The van der Waals surface area contributed by atoms with Gasteiger partial charge in [-0.2, -0.15) is 0 Å². The molecular weight excluding hydrogens is 396 g/mol. The van der Waals surface area contributed by atoms with Gasteiger partial charge in [0.1, 0.15) is 16.2 Å². The zero-order valence-electron chi connectivity index (χ0n) is 17.6. The van der Waals surface area contributed by atoms with Crippen LogP contribution < -0.4 is 22.3 Å². The van der Waals surface area contributed by atoms with Crippen LogP contribution in [0.25, 0.3) is 11.0 Å². The number of urea groups is 1. The number of nitrogens with one attached hydrogen (secondary N) is 1. The molecule has 10 nitrogen and oxygen atoms in total. The molecule has 0 bridgehead atoms. The van der Waals surface area contributed by atoms with Crippen LogP contribution in [0.3, 0.4) is 0 Å². The molecule has 1 unspecified atom stereocenters. The number of amides is 3. The van der Waals surface area contributed by atoms with Gasteiger partial charge in [-0.3, -0.25) is 24.0 Å². The summed E-state index contributed by atoms with van der Waals surface area (Å²) in [5.74, 6) is -0.351. The van der Waals surface area contributed by atoms with Crippen molar-refractivity contribution in [2.75, 3.05) is 0 Å². The Labute approximate surface area is 171 Å². The molecule has 2 heterocycles. The molecule has 158 valence electrons. The number of hydrogen-bond donors (Lipinski definition) is 2. The number of imide groups is 1. The Morgan fingerprint density at radius 1 is 1.10 bits per heavy atom. The third-order valence-corrected chi connectivity index (χ3v) is 5.82. The standard InChI is InChI=1S/C18H26N6O4S/c1-8(2)10(12(25)21-16(19)27)29-13-9-11(20-15(22-13)18(3,4)5)23(6)17(28)24(7)14(9)26/h8,10H,1-7H3,(H3,19,21,25,27). The molecule has 0 spiro atoms. The number of rotatable bonds is 4. The summed E-state index contributed by atoms with van der Waals surface area (Å²) in [6, 6.07) is -0.956. The number of nitrogens with two attached hydrogens (primary N) is 1. The molecule has 0 aliphatic rings. The van der Waals surface area contributed by atoms with E-state index in [4.69, 9.17) is 5.73 Å². The lowest BCUT2D eigenvalue weighted by atomic mass is 9.96. The van der Waals surface area contributed by atoms with Crippen molar-refractivity contribution >= 4 is 34.7 Å². The van der Waals surface area contributed by atoms with E-state index in [2.05, 4.69) is 15.3 Å². The van der Waals surface area contributed by atoms with Crippen molar-refractivity contribution < 1.29 is 9.59 Å². The number of aromatic nitrogens is 4. The molecule has 0 aromatic carbocycles. The van der Waals surface area contributed by atoms with Crippen LogP contribution in [-0.4, -0.2) is 36.3 Å². The van der Waals surface area contributed by atoms with E-state index in [1.807, 2.05) is 20.8 Å². The van der Waals surface area contributed by atoms with Gasteiger partial charge in [0.25, 0.3) is 5.56 Å². The lowest BCUT2D eigenvalue weighted by Gasteiger charge is -2.22. The molecular formula is C18H26N6O4S. The van der Waals surface area contributed by atoms with E-state index in [1.165, 1.54) is 18.7 Å². The first-order valence-electron chi connectivity index (χ1n) is 9.00. The van der Waals surface area contributed by atoms with Gasteiger partial charge in [-0.15, -0.1) is 0 Å². The van der Waals surface area contributed by atoms with E-state index in [-0.39, 0.29) is 22.0 Å². The van der Waals surface area contributed by atoms with Gasteiger partial charge < -0.3 is 5.73 Å². The summed E-state index contributed by atoms with van der Waals surface area (Å²) in [6.07, 6.45) is 0. The molecule has 11 heteroatoms. The fourth-order valence-corrected chi connectivity index (χ4v) is 3.77. The molecule has 0 aliphatic heterocycles. The highest BCUT2D eigenvalue weighted by atomic mass is 32.2. The van der Waals surface area contributed by atoms with Gasteiger partial charge in [0.05, 0.1) is 5.25 Å². The van der Waals surface area contributed by atoms with E-state index < -0.39 is 33.9 Å². The normalized spacial score (nSPS) is 13.0. The number of carbonyl (C=O) groups is 2. The number of thioether (sulfide) groups is 1. The predicted octanol–water partition coefficient (Wildman–Crippen LogP) is 0.636. The Morgan fingerprint density at radius 3 is 2.17 bits per heavy atom. The molecule has 3 N–H and O–H groups in total. The molecule has 2 aromatic rings. The first-order valence-corrected chi connectivity index (χ1v) is 9.88. The maximum absolute atomic E-state index is 12.9. The van der Waals surface area contributed by atoms with Gasteiger partial charge in [-0.05, 0) is 5.92 Å². The monoisotopic (exact) mass is 422 g/mol. The summed E-state index contributed by atoms with van der Waals surface area (Å²) in [6.45, 7) is 9.32. The van der Waals surface area contributed by atoms with Gasteiger partial charge >= 0.3 is 11.7 Å². The molecule has 1 atom stereocenters. The lowest BCUT2D eigenvalue weighted by Crippen LogP contribution is -2.42. The summed E-state index contributed by atoms with van der Waals surface area (Å²) in [5, 5.41) is 1.76. The number of carbonyl (C=O) groups excluding carboxylic acids is 2. The van der Waals surface area contributed by atoms with Crippen LogP contribution >= 0.6 is 11.8 Å². The summed E-state index contributed by atoms with van der Waals surface area (Å²) in [7, 11) is 2.90. The lowest BCUT2D eigenvalue weighted by molar-refractivity contribution is -0.120. The smallest absolute Gasteiger partial charge is 0.332 e. The van der Waals surface area contributed by atoms with E-state index >= 15 is 0 Å². The Hall–Kier alpha value is -2.69. The highest BCUT2D eigenvalue weighted by Crippen LogP contribution is 2.32. The Kier molecular flexibility index (Phi) is 6.21. The number of aryl methyl sites for hydroxylation is 1. The van der Waals surface area contributed by atoms with Crippen LogP contribution in [0.1, 0.15) is 40.4 Å². The van der Waals surface area contributed by atoms with Crippen LogP contribution in [0.4, 0.5) is 4.79 Å². The van der Waals surface area contributed by atoms with E-state index in [0.29, 0.717) is 5.82 Å². The Balaban J connectivity index is 2.82. The van der Waals surface area contributed by atoms with Crippen molar-refractivity contribution in [3.63, 3.8) is 0 Å². The van der Waals surface area contributed by atoms with Crippen LogP contribution in [0.5, 0.6) is 0 Å². The Morgan fingerprint density at radius 2 is 1.69 bits per heavy atom. The second-order valence-electron chi connectivity index (χ2n) is 8.14. The van der Waals surface area contributed by atoms with Crippen molar-refractivity contribution in [1.82, 2.24) is 24.4 Å². The van der Waals surface area contributed by atoms with Gasteiger partial charge in [0.15, 0.2) is 5.65 Å². The predicted molar refractivity (Wildman–Crippen MR) is 111 cm³/mol. The number of primary amides is 1. The molecule has 2 rings (SSSR count).